The lowest BCUT2D eigenvalue weighted by Gasteiger charge is -2.10. The number of hydrogen-bond acceptors (Lipinski definition) is 4. The van der Waals surface area contributed by atoms with Gasteiger partial charge in [0.15, 0.2) is 0 Å². The summed E-state index contributed by atoms with van der Waals surface area (Å²) >= 11 is 1.64. The van der Waals surface area contributed by atoms with Gasteiger partial charge in [0.05, 0.1) is 15.7 Å². The number of thiazole rings is 1. The highest BCUT2D eigenvalue weighted by molar-refractivity contribution is 7.16. The molecule has 2 rings (SSSR count). The van der Waals surface area contributed by atoms with Gasteiger partial charge in [0, 0.05) is 18.8 Å². The Morgan fingerprint density at radius 3 is 3.20 bits per heavy atom. The van der Waals surface area contributed by atoms with E-state index in [1.54, 1.807) is 11.3 Å². The number of nitrogens with zero attached hydrogens (tertiary/aromatic N) is 1. The monoisotopic (exact) mass is 222 g/mol. The van der Waals surface area contributed by atoms with E-state index in [4.69, 9.17) is 5.11 Å². The van der Waals surface area contributed by atoms with Gasteiger partial charge in [-0.2, -0.15) is 0 Å². The summed E-state index contributed by atoms with van der Waals surface area (Å²) in [5, 5.41) is 12.2. The van der Waals surface area contributed by atoms with Gasteiger partial charge in [0.25, 0.3) is 0 Å². The molecule has 0 radical (unpaired) electrons. The smallest absolute Gasteiger partial charge is 0.0813 e. The quantitative estimate of drug-likeness (QED) is 0.834. The number of aliphatic hydroxyl groups is 1. The molecule has 0 aliphatic carbocycles. The van der Waals surface area contributed by atoms with Crippen LogP contribution < -0.4 is 5.32 Å². The van der Waals surface area contributed by atoms with E-state index in [2.05, 4.69) is 16.4 Å². The van der Waals surface area contributed by atoms with Crippen LogP contribution in [0.5, 0.6) is 0 Å². The third-order valence-electron chi connectivity index (χ3n) is 2.30. The van der Waals surface area contributed by atoms with E-state index < -0.39 is 0 Å². The van der Waals surface area contributed by atoms with Crippen LogP contribution in [0.15, 0.2) is 23.7 Å². The summed E-state index contributed by atoms with van der Waals surface area (Å²) in [5.41, 5.74) is 3.98. The molecule has 0 bridgehead atoms. The number of aromatic nitrogens is 1. The Bertz CT molecular complexity index is 441. The maximum Gasteiger partial charge on any atom is 0.0813 e. The first kappa shape index (κ1) is 10.4. The van der Waals surface area contributed by atoms with E-state index in [1.807, 2.05) is 24.6 Å². The molecule has 0 aliphatic heterocycles. The van der Waals surface area contributed by atoms with E-state index in [1.165, 1.54) is 4.70 Å². The van der Waals surface area contributed by atoms with Gasteiger partial charge in [-0.05, 0) is 24.1 Å². The van der Waals surface area contributed by atoms with E-state index in [-0.39, 0.29) is 12.5 Å². The molecule has 0 amide bonds. The second-order valence-corrected chi connectivity index (χ2v) is 4.59. The fraction of sp³-hybridized carbons (Fsp3) is 0.364. The first-order chi connectivity index (χ1) is 7.29. The van der Waals surface area contributed by atoms with Crippen molar-refractivity contribution in [2.75, 3.05) is 18.5 Å². The molecule has 1 unspecified atom stereocenters. The molecule has 1 heterocycles. The average Bonchev–Trinajstić information content (AvgIpc) is 2.72. The summed E-state index contributed by atoms with van der Waals surface area (Å²) in [6.45, 7) is 3.02. The minimum absolute atomic E-state index is 0.218. The Kier molecular flexibility index (Phi) is 3.18. The van der Waals surface area contributed by atoms with E-state index in [9.17, 15) is 0 Å². The molecule has 0 spiro atoms. The molecule has 2 aromatic rings. The standard InChI is InChI=1S/C11H14N2OS/c1-8(6-14)5-12-9-2-3-10-11(4-9)15-7-13-10/h2-4,7-8,12,14H,5-6H2,1H3. The number of rotatable bonds is 4. The second-order valence-electron chi connectivity index (χ2n) is 3.70. The number of hydrogen-bond donors (Lipinski definition) is 2. The van der Waals surface area contributed by atoms with Gasteiger partial charge >= 0.3 is 0 Å². The number of fused-ring (bicyclic) bond motifs is 1. The molecule has 80 valence electrons. The van der Waals surface area contributed by atoms with Crippen molar-refractivity contribution in [3.05, 3.63) is 23.7 Å². The van der Waals surface area contributed by atoms with Gasteiger partial charge in [0.1, 0.15) is 0 Å². The minimum atomic E-state index is 0.218. The van der Waals surface area contributed by atoms with Crippen LogP contribution in [0.4, 0.5) is 5.69 Å². The Balaban J connectivity index is 2.08. The topological polar surface area (TPSA) is 45.1 Å². The Morgan fingerprint density at radius 2 is 2.40 bits per heavy atom. The van der Waals surface area contributed by atoms with Crippen molar-refractivity contribution >= 4 is 27.2 Å². The molecule has 2 N–H and O–H groups in total. The molecule has 4 heteroatoms. The lowest BCUT2D eigenvalue weighted by Crippen LogP contribution is -2.14. The molecule has 1 aromatic carbocycles. The van der Waals surface area contributed by atoms with Gasteiger partial charge in [0.2, 0.25) is 0 Å². The first-order valence-electron chi connectivity index (χ1n) is 4.97. The van der Waals surface area contributed by atoms with Crippen LogP contribution in [0.1, 0.15) is 6.92 Å². The zero-order chi connectivity index (χ0) is 10.7. The predicted octanol–water partition coefficient (Wildman–Crippen LogP) is 2.34. The van der Waals surface area contributed by atoms with E-state index in [0.717, 1.165) is 17.7 Å². The molecule has 0 saturated heterocycles. The number of anilines is 1. The average molecular weight is 222 g/mol. The minimum Gasteiger partial charge on any atom is -0.396 e. The summed E-state index contributed by atoms with van der Waals surface area (Å²) in [6.07, 6.45) is 0. The fourth-order valence-electron chi connectivity index (χ4n) is 1.32. The molecule has 1 aromatic heterocycles. The SMILES string of the molecule is CC(CO)CNc1ccc2ncsc2c1. The van der Waals surface area contributed by atoms with Crippen LogP contribution in [0.2, 0.25) is 0 Å². The van der Waals surface area contributed by atoms with Crippen LogP contribution in [0.25, 0.3) is 10.2 Å². The molecule has 15 heavy (non-hydrogen) atoms. The molecular formula is C11H14N2OS. The second kappa shape index (κ2) is 4.59. The Hall–Kier alpha value is -1.13. The van der Waals surface area contributed by atoms with Crippen LogP contribution in [-0.2, 0) is 0 Å². The highest BCUT2D eigenvalue weighted by Crippen LogP contribution is 2.21. The highest BCUT2D eigenvalue weighted by Gasteiger charge is 2.01. The van der Waals surface area contributed by atoms with Crippen molar-refractivity contribution < 1.29 is 5.11 Å². The van der Waals surface area contributed by atoms with Crippen molar-refractivity contribution in [3.8, 4) is 0 Å². The van der Waals surface area contributed by atoms with Crippen molar-refractivity contribution in [1.29, 1.82) is 0 Å². The normalized spacial score (nSPS) is 12.9. The predicted molar refractivity (Wildman–Crippen MR) is 64.4 cm³/mol. The number of benzene rings is 1. The van der Waals surface area contributed by atoms with Crippen molar-refractivity contribution in [3.63, 3.8) is 0 Å². The molecule has 0 saturated carbocycles. The Labute approximate surface area is 92.8 Å². The first-order valence-corrected chi connectivity index (χ1v) is 5.85. The van der Waals surface area contributed by atoms with Gasteiger partial charge in [-0.25, -0.2) is 4.98 Å². The third-order valence-corrected chi connectivity index (χ3v) is 3.09. The van der Waals surface area contributed by atoms with Gasteiger partial charge in [-0.3, -0.25) is 0 Å². The van der Waals surface area contributed by atoms with Crippen LogP contribution in [0, 0.1) is 5.92 Å². The van der Waals surface area contributed by atoms with Gasteiger partial charge in [-0.15, -0.1) is 11.3 Å². The zero-order valence-corrected chi connectivity index (χ0v) is 9.42. The number of nitrogens with one attached hydrogen (secondary N) is 1. The molecule has 0 aliphatic rings. The van der Waals surface area contributed by atoms with E-state index in [0.29, 0.717) is 0 Å². The van der Waals surface area contributed by atoms with Crippen LogP contribution in [0.3, 0.4) is 0 Å². The summed E-state index contributed by atoms with van der Waals surface area (Å²) in [5.74, 6) is 0.280. The van der Waals surface area contributed by atoms with Crippen molar-refractivity contribution in [2.45, 2.75) is 6.92 Å². The summed E-state index contributed by atoms with van der Waals surface area (Å²) in [7, 11) is 0. The lowest BCUT2D eigenvalue weighted by molar-refractivity contribution is 0.244. The molecule has 0 fully saturated rings. The van der Waals surface area contributed by atoms with Gasteiger partial charge < -0.3 is 10.4 Å². The molecule has 3 nitrogen and oxygen atoms in total. The lowest BCUT2D eigenvalue weighted by atomic mass is 10.2. The van der Waals surface area contributed by atoms with Crippen LogP contribution >= 0.6 is 11.3 Å². The summed E-state index contributed by atoms with van der Waals surface area (Å²) in [6, 6.07) is 6.13. The molecular weight excluding hydrogens is 208 g/mol. The van der Waals surface area contributed by atoms with Crippen molar-refractivity contribution in [2.24, 2.45) is 5.92 Å². The summed E-state index contributed by atoms with van der Waals surface area (Å²) in [4.78, 5) is 4.22. The zero-order valence-electron chi connectivity index (χ0n) is 8.60. The van der Waals surface area contributed by atoms with E-state index >= 15 is 0 Å². The van der Waals surface area contributed by atoms with Crippen molar-refractivity contribution in [1.82, 2.24) is 4.98 Å². The third kappa shape index (κ3) is 2.46. The fourth-order valence-corrected chi connectivity index (χ4v) is 2.04. The molecule has 1 atom stereocenters. The maximum absolute atomic E-state index is 8.90. The summed E-state index contributed by atoms with van der Waals surface area (Å²) < 4.78 is 1.19. The Morgan fingerprint density at radius 1 is 1.53 bits per heavy atom. The number of aliphatic hydroxyl groups excluding tert-OH is 1. The maximum atomic E-state index is 8.90. The van der Waals surface area contributed by atoms with Crippen LogP contribution in [-0.4, -0.2) is 23.2 Å². The largest absolute Gasteiger partial charge is 0.396 e. The van der Waals surface area contributed by atoms with Gasteiger partial charge in [-0.1, -0.05) is 6.92 Å². The highest BCUT2D eigenvalue weighted by atomic mass is 32.1.